The number of hydrogen-bond donors (Lipinski definition) is 0. The van der Waals surface area contributed by atoms with Gasteiger partial charge in [0, 0.05) is 37.5 Å². The number of nitrogens with zero attached hydrogens (tertiary/aromatic N) is 5. The van der Waals surface area contributed by atoms with Crippen LogP contribution < -0.4 is 0 Å². The molecule has 0 radical (unpaired) electrons. The van der Waals surface area contributed by atoms with Crippen molar-refractivity contribution in [1.82, 2.24) is 24.5 Å². The summed E-state index contributed by atoms with van der Waals surface area (Å²) in [6.07, 6.45) is 3.95. The summed E-state index contributed by atoms with van der Waals surface area (Å²) >= 11 is 0. The van der Waals surface area contributed by atoms with Gasteiger partial charge in [0.1, 0.15) is 5.69 Å². The topological polar surface area (TPSA) is 82.2 Å². The van der Waals surface area contributed by atoms with E-state index < -0.39 is 5.97 Å². The molecule has 0 saturated heterocycles. The second-order valence-electron chi connectivity index (χ2n) is 5.78. The second-order valence-corrected chi connectivity index (χ2v) is 5.78. The summed E-state index contributed by atoms with van der Waals surface area (Å²) in [5.41, 5.74) is 2.50. The van der Waals surface area contributed by atoms with Gasteiger partial charge in [0.05, 0.1) is 19.7 Å². The van der Waals surface area contributed by atoms with Gasteiger partial charge in [0.25, 0.3) is 5.91 Å². The maximum atomic E-state index is 12.7. The number of aryl methyl sites for hydroxylation is 1. The average Bonchev–Trinajstić information content (AvgIpc) is 3.18. The van der Waals surface area contributed by atoms with Crippen molar-refractivity contribution >= 4 is 11.9 Å². The first-order chi connectivity index (χ1) is 12.1. The Hall–Kier alpha value is -2.90. The number of esters is 1. The van der Waals surface area contributed by atoms with Gasteiger partial charge in [-0.25, -0.2) is 4.79 Å². The van der Waals surface area contributed by atoms with Crippen molar-refractivity contribution in [2.75, 3.05) is 13.2 Å². The van der Waals surface area contributed by atoms with E-state index in [0.29, 0.717) is 31.7 Å². The zero-order chi connectivity index (χ0) is 18.0. The molecule has 0 unspecified atom stereocenters. The number of hydrogen-bond acceptors (Lipinski definition) is 5. The van der Waals surface area contributed by atoms with Crippen LogP contribution in [-0.4, -0.2) is 49.5 Å². The highest BCUT2D eigenvalue weighted by Crippen LogP contribution is 2.24. The fourth-order valence-electron chi connectivity index (χ4n) is 3.05. The molecule has 25 heavy (non-hydrogen) atoms. The van der Waals surface area contributed by atoms with E-state index >= 15 is 0 Å². The Bertz CT molecular complexity index is 820. The van der Waals surface area contributed by atoms with Crippen molar-refractivity contribution in [3.63, 3.8) is 0 Å². The number of carbonyl (C=O) groups is 2. The molecular weight excluding hydrogens is 322 g/mol. The van der Waals surface area contributed by atoms with Crippen LogP contribution in [0, 0.1) is 0 Å². The molecule has 0 fully saturated rings. The zero-order valence-electron chi connectivity index (χ0n) is 14.4. The number of fused-ring (bicyclic) bond motifs is 1. The van der Waals surface area contributed by atoms with Crippen LogP contribution in [0.15, 0.2) is 24.9 Å². The molecule has 132 valence electrons. The van der Waals surface area contributed by atoms with Crippen LogP contribution in [-0.2, 0) is 31.3 Å². The van der Waals surface area contributed by atoms with Crippen molar-refractivity contribution in [2.45, 2.75) is 26.4 Å². The van der Waals surface area contributed by atoms with Crippen LogP contribution in [0.3, 0.4) is 0 Å². The molecule has 2 aromatic rings. The summed E-state index contributed by atoms with van der Waals surface area (Å²) in [6.45, 7) is 7.15. The summed E-state index contributed by atoms with van der Waals surface area (Å²) in [7, 11) is 1.73. The standard InChI is InChI=1S/C17H21N5O3/c1-4-9-22-13-7-10-21(16(23)14-6-8-18-20(14)3)11-12(13)15(19-22)17(24)25-5-2/h4,6,8H,1,5,7,9-11H2,2-3H3. The van der Waals surface area contributed by atoms with E-state index in [0.717, 1.165) is 11.3 Å². The largest absolute Gasteiger partial charge is 0.461 e. The summed E-state index contributed by atoms with van der Waals surface area (Å²) in [5.74, 6) is -0.576. The van der Waals surface area contributed by atoms with Gasteiger partial charge in [0.15, 0.2) is 5.69 Å². The van der Waals surface area contributed by atoms with E-state index in [1.54, 1.807) is 46.6 Å². The van der Waals surface area contributed by atoms with Crippen molar-refractivity contribution in [2.24, 2.45) is 7.05 Å². The number of ether oxygens (including phenoxy) is 1. The van der Waals surface area contributed by atoms with E-state index in [1.807, 2.05) is 0 Å². The van der Waals surface area contributed by atoms with Crippen LogP contribution in [0.1, 0.15) is 39.2 Å². The Kier molecular flexibility index (Phi) is 4.69. The number of carbonyl (C=O) groups excluding carboxylic acids is 2. The van der Waals surface area contributed by atoms with Gasteiger partial charge in [-0.15, -0.1) is 6.58 Å². The fourth-order valence-corrected chi connectivity index (χ4v) is 3.05. The lowest BCUT2D eigenvalue weighted by atomic mass is 10.0. The molecule has 0 N–H and O–H groups in total. The first kappa shape index (κ1) is 16.9. The summed E-state index contributed by atoms with van der Waals surface area (Å²) in [4.78, 5) is 26.7. The third-order valence-electron chi connectivity index (χ3n) is 4.23. The first-order valence-electron chi connectivity index (χ1n) is 8.20. The Morgan fingerprint density at radius 3 is 2.88 bits per heavy atom. The minimum atomic E-state index is -0.462. The molecule has 1 aliphatic heterocycles. The van der Waals surface area contributed by atoms with Gasteiger partial charge in [-0.3, -0.25) is 14.2 Å². The SMILES string of the molecule is C=CCn1nc(C(=O)OCC)c2c1CCN(C(=O)c1ccnn1C)C2. The molecule has 0 aliphatic carbocycles. The van der Waals surface area contributed by atoms with E-state index in [9.17, 15) is 9.59 Å². The second kappa shape index (κ2) is 6.92. The van der Waals surface area contributed by atoms with E-state index in [2.05, 4.69) is 16.8 Å². The normalized spacial score (nSPS) is 13.4. The fraction of sp³-hybridized carbons (Fsp3) is 0.412. The minimum Gasteiger partial charge on any atom is -0.461 e. The monoisotopic (exact) mass is 343 g/mol. The van der Waals surface area contributed by atoms with E-state index in [-0.39, 0.29) is 18.2 Å². The highest BCUT2D eigenvalue weighted by Gasteiger charge is 2.31. The molecule has 8 nitrogen and oxygen atoms in total. The molecule has 1 amide bonds. The molecule has 1 aliphatic rings. The molecule has 0 aromatic carbocycles. The zero-order valence-corrected chi connectivity index (χ0v) is 14.4. The molecule has 0 bridgehead atoms. The Labute approximate surface area is 145 Å². The van der Waals surface area contributed by atoms with Gasteiger partial charge >= 0.3 is 5.97 Å². The van der Waals surface area contributed by atoms with Crippen LogP contribution in [0.4, 0.5) is 0 Å². The lowest BCUT2D eigenvalue weighted by molar-refractivity contribution is 0.0513. The van der Waals surface area contributed by atoms with E-state index in [4.69, 9.17) is 4.74 Å². The number of allylic oxidation sites excluding steroid dienone is 1. The van der Waals surface area contributed by atoms with Crippen molar-refractivity contribution < 1.29 is 14.3 Å². The van der Waals surface area contributed by atoms with E-state index in [1.165, 1.54) is 0 Å². The van der Waals surface area contributed by atoms with Gasteiger partial charge in [-0.05, 0) is 13.0 Å². The van der Waals surface area contributed by atoms with Crippen LogP contribution in [0.2, 0.25) is 0 Å². The Morgan fingerprint density at radius 2 is 2.24 bits per heavy atom. The Balaban J connectivity index is 1.93. The minimum absolute atomic E-state index is 0.114. The third-order valence-corrected chi connectivity index (χ3v) is 4.23. The van der Waals surface area contributed by atoms with Crippen molar-refractivity contribution in [3.05, 3.63) is 47.6 Å². The van der Waals surface area contributed by atoms with Crippen LogP contribution >= 0.6 is 0 Å². The van der Waals surface area contributed by atoms with Crippen molar-refractivity contribution in [3.8, 4) is 0 Å². The number of amides is 1. The van der Waals surface area contributed by atoms with Gasteiger partial charge < -0.3 is 9.64 Å². The van der Waals surface area contributed by atoms with Gasteiger partial charge in [-0.1, -0.05) is 6.08 Å². The van der Waals surface area contributed by atoms with Gasteiger partial charge in [0.2, 0.25) is 0 Å². The predicted molar refractivity (Wildman–Crippen MR) is 90.0 cm³/mol. The highest BCUT2D eigenvalue weighted by atomic mass is 16.5. The summed E-state index contributed by atoms with van der Waals surface area (Å²) in [5, 5.41) is 8.43. The average molecular weight is 343 g/mol. The van der Waals surface area contributed by atoms with Crippen LogP contribution in [0.25, 0.3) is 0 Å². The smallest absolute Gasteiger partial charge is 0.359 e. The number of rotatable bonds is 5. The highest BCUT2D eigenvalue weighted by molar-refractivity contribution is 5.93. The summed E-state index contributed by atoms with van der Waals surface area (Å²) in [6, 6.07) is 1.69. The van der Waals surface area contributed by atoms with Crippen LogP contribution in [0.5, 0.6) is 0 Å². The molecule has 3 rings (SSSR count). The molecule has 8 heteroatoms. The molecular formula is C17H21N5O3. The Morgan fingerprint density at radius 1 is 1.44 bits per heavy atom. The molecule has 0 saturated carbocycles. The number of aromatic nitrogens is 4. The maximum Gasteiger partial charge on any atom is 0.359 e. The molecule has 3 heterocycles. The van der Waals surface area contributed by atoms with Gasteiger partial charge in [-0.2, -0.15) is 10.2 Å². The quantitative estimate of drug-likeness (QED) is 0.601. The molecule has 2 aromatic heterocycles. The predicted octanol–water partition coefficient (Wildman–Crippen LogP) is 1.18. The lowest BCUT2D eigenvalue weighted by Gasteiger charge is -2.27. The lowest BCUT2D eigenvalue weighted by Crippen LogP contribution is -2.37. The molecule has 0 spiro atoms. The van der Waals surface area contributed by atoms with Crippen molar-refractivity contribution in [1.29, 1.82) is 0 Å². The maximum absolute atomic E-state index is 12.7. The molecule has 0 atom stereocenters. The first-order valence-corrected chi connectivity index (χ1v) is 8.20. The third kappa shape index (κ3) is 3.07. The summed E-state index contributed by atoms with van der Waals surface area (Å²) < 4.78 is 8.43.